The molecule has 0 atom stereocenters. The van der Waals surface area contributed by atoms with Crippen LogP contribution in [0.4, 0.5) is 8.78 Å². The van der Waals surface area contributed by atoms with Gasteiger partial charge in [-0.05, 0) is 74.4 Å². The molecule has 1 saturated carbocycles. The number of carboxylic acid groups (broad SMARTS) is 1. The molecule has 0 amide bonds. The van der Waals surface area contributed by atoms with Crippen molar-refractivity contribution < 1.29 is 28.5 Å². The highest BCUT2D eigenvalue weighted by molar-refractivity contribution is 5.90. The van der Waals surface area contributed by atoms with Crippen molar-refractivity contribution in [3.05, 3.63) is 59.3 Å². The number of hydrogen-bond donors (Lipinski definition) is 2. The van der Waals surface area contributed by atoms with E-state index in [2.05, 4.69) is 0 Å². The van der Waals surface area contributed by atoms with E-state index in [-0.39, 0.29) is 17.6 Å². The average molecular weight is 441 g/mol. The second kappa shape index (κ2) is 7.59. The number of aromatic nitrogens is 1. The van der Waals surface area contributed by atoms with Crippen LogP contribution >= 0.6 is 0 Å². The van der Waals surface area contributed by atoms with Crippen molar-refractivity contribution >= 4 is 16.9 Å². The van der Waals surface area contributed by atoms with E-state index in [1.807, 2.05) is 4.57 Å². The summed E-state index contributed by atoms with van der Waals surface area (Å²) in [5.41, 5.74) is 2.50. The van der Waals surface area contributed by atoms with Gasteiger partial charge in [0, 0.05) is 42.0 Å². The molecule has 2 aliphatic rings. The van der Waals surface area contributed by atoms with Crippen LogP contribution in [-0.2, 0) is 9.53 Å². The van der Waals surface area contributed by atoms with Crippen LogP contribution in [0.1, 0.15) is 55.7 Å². The lowest BCUT2D eigenvalue weighted by molar-refractivity contribution is -0.154. The van der Waals surface area contributed by atoms with E-state index in [1.165, 1.54) is 6.07 Å². The van der Waals surface area contributed by atoms with Gasteiger partial charge in [0.15, 0.2) is 11.6 Å². The number of rotatable bonds is 4. The van der Waals surface area contributed by atoms with Crippen molar-refractivity contribution in [3.63, 3.8) is 0 Å². The third kappa shape index (κ3) is 3.26. The van der Waals surface area contributed by atoms with E-state index in [9.17, 15) is 23.8 Å². The van der Waals surface area contributed by atoms with Crippen LogP contribution in [0.3, 0.4) is 0 Å². The predicted molar refractivity (Wildman–Crippen MR) is 115 cm³/mol. The van der Waals surface area contributed by atoms with Crippen molar-refractivity contribution in [2.45, 2.75) is 44.4 Å². The molecule has 32 heavy (non-hydrogen) atoms. The molecule has 2 fully saturated rings. The van der Waals surface area contributed by atoms with Gasteiger partial charge in [-0.25, -0.2) is 8.78 Å². The minimum absolute atomic E-state index is 0.00444. The Hall–Kier alpha value is -2.93. The van der Waals surface area contributed by atoms with Gasteiger partial charge in [-0.2, -0.15) is 0 Å². The molecule has 1 aliphatic heterocycles. The Balaban J connectivity index is 1.76. The molecule has 3 aromatic rings. The number of carbonyl (C=O) groups is 1. The Morgan fingerprint density at radius 3 is 2.44 bits per heavy atom. The first-order valence-corrected chi connectivity index (χ1v) is 10.9. The van der Waals surface area contributed by atoms with Gasteiger partial charge < -0.3 is 19.5 Å². The number of aromatic hydroxyl groups is 1. The van der Waals surface area contributed by atoms with Gasteiger partial charge in [0.2, 0.25) is 0 Å². The maximum atomic E-state index is 14.2. The van der Waals surface area contributed by atoms with Crippen LogP contribution < -0.4 is 0 Å². The van der Waals surface area contributed by atoms with Crippen LogP contribution in [0.2, 0.25) is 0 Å². The number of phenolic OH excluding ortho intramolecular Hbond substituents is 1. The number of ether oxygens (including phenoxy) is 1. The van der Waals surface area contributed by atoms with E-state index < -0.39 is 23.0 Å². The van der Waals surface area contributed by atoms with Crippen molar-refractivity contribution in [1.82, 2.24) is 4.57 Å². The fraction of sp³-hybridized carbons (Fsp3) is 0.400. The summed E-state index contributed by atoms with van der Waals surface area (Å²) in [6, 6.07) is 8.93. The molecular weight excluding hydrogens is 416 g/mol. The second-order valence-corrected chi connectivity index (χ2v) is 9.29. The third-order valence-corrected chi connectivity index (χ3v) is 7.12. The predicted octanol–water partition coefficient (Wildman–Crippen LogP) is 5.48. The van der Waals surface area contributed by atoms with Crippen molar-refractivity contribution in [1.29, 1.82) is 0 Å². The number of phenols is 1. The number of nitrogens with zero attached hydrogens (tertiary/aromatic N) is 1. The zero-order chi connectivity index (χ0) is 22.6. The minimum atomic E-state index is -0.926. The highest BCUT2D eigenvalue weighted by Crippen LogP contribution is 2.55. The molecule has 5 nitrogen and oxygen atoms in total. The first-order chi connectivity index (χ1) is 15.3. The molecule has 7 heteroatoms. The van der Waals surface area contributed by atoms with Gasteiger partial charge in [-0.3, -0.25) is 4.79 Å². The van der Waals surface area contributed by atoms with Gasteiger partial charge in [0.05, 0.1) is 10.9 Å². The Kier molecular flexibility index (Phi) is 4.97. The smallest absolute Gasteiger partial charge is 0.309 e. The molecule has 0 radical (unpaired) electrons. The van der Waals surface area contributed by atoms with Crippen LogP contribution in [0.5, 0.6) is 5.75 Å². The highest BCUT2D eigenvalue weighted by Gasteiger charge is 2.49. The topological polar surface area (TPSA) is 71.7 Å². The number of fused-ring (bicyclic) bond motifs is 1. The fourth-order valence-electron chi connectivity index (χ4n) is 5.43. The lowest BCUT2D eigenvalue weighted by Crippen LogP contribution is -2.40. The van der Waals surface area contributed by atoms with E-state index >= 15 is 0 Å². The maximum Gasteiger partial charge on any atom is 0.309 e. The zero-order valence-electron chi connectivity index (χ0n) is 17.8. The van der Waals surface area contributed by atoms with Crippen molar-refractivity contribution in [2.24, 2.45) is 5.41 Å². The quantitative estimate of drug-likeness (QED) is 0.563. The fourth-order valence-corrected chi connectivity index (χ4v) is 5.43. The van der Waals surface area contributed by atoms with Crippen LogP contribution in [-0.4, -0.2) is 34.0 Å². The first-order valence-electron chi connectivity index (χ1n) is 10.9. The maximum absolute atomic E-state index is 14.2. The molecule has 2 N–H and O–H groups in total. The number of hydrogen-bond acceptors (Lipinski definition) is 3. The Morgan fingerprint density at radius 1 is 1.06 bits per heavy atom. The summed E-state index contributed by atoms with van der Waals surface area (Å²) in [5.74, 6) is -2.41. The van der Waals surface area contributed by atoms with E-state index in [4.69, 9.17) is 4.74 Å². The van der Waals surface area contributed by atoms with Gasteiger partial charge in [0.25, 0.3) is 0 Å². The summed E-state index contributed by atoms with van der Waals surface area (Å²) in [5, 5.41) is 20.7. The molecule has 2 heterocycles. The van der Waals surface area contributed by atoms with Crippen molar-refractivity contribution in [2.75, 3.05) is 13.2 Å². The molecule has 1 aromatic heterocycles. The van der Waals surface area contributed by atoms with Crippen LogP contribution in [0, 0.1) is 17.0 Å². The van der Waals surface area contributed by atoms with Crippen molar-refractivity contribution in [3.8, 4) is 11.4 Å². The second-order valence-electron chi connectivity index (χ2n) is 9.29. The first kappa shape index (κ1) is 20.9. The summed E-state index contributed by atoms with van der Waals surface area (Å²) in [6.07, 6.45) is 2.54. The van der Waals surface area contributed by atoms with Gasteiger partial charge >= 0.3 is 5.97 Å². The lowest BCUT2D eigenvalue weighted by atomic mass is 9.60. The number of halogens is 2. The highest BCUT2D eigenvalue weighted by atomic mass is 19.2. The average Bonchev–Trinajstić information content (AvgIpc) is 3.07. The SMILES string of the molecule is C[C@]1(C(=O)O)C[C@H](c2c(C3CCOCC3)n(-c3ccc(F)c(F)c3)c3ccc(O)cc32)C1. The normalized spacial score (nSPS) is 23.9. The molecule has 0 bridgehead atoms. The largest absolute Gasteiger partial charge is 0.508 e. The Bertz CT molecular complexity index is 1210. The van der Waals surface area contributed by atoms with Gasteiger partial charge in [-0.15, -0.1) is 0 Å². The molecule has 5 rings (SSSR count). The van der Waals surface area contributed by atoms with Crippen LogP contribution in [0.25, 0.3) is 16.6 Å². The summed E-state index contributed by atoms with van der Waals surface area (Å²) < 4.78 is 35.4. The molecular formula is C25H25F2NO4. The molecule has 0 unspecified atom stereocenters. The Labute approximate surface area is 184 Å². The number of carboxylic acids is 1. The molecule has 1 saturated heterocycles. The summed E-state index contributed by atoms with van der Waals surface area (Å²) >= 11 is 0. The Morgan fingerprint density at radius 2 is 1.78 bits per heavy atom. The molecule has 2 aromatic carbocycles. The summed E-state index contributed by atoms with van der Waals surface area (Å²) in [6.45, 7) is 2.96. The minimum Gasteiger partial charge on any atom is -0.508 e. The number of benzene rings is 2. The third-order valence-electron chi connectivity index (χ3n) is 7.12. The summed E-state index contributed by atoms with van der Waals surface area (Å²) in [7, 11) is 0. The van der Waals surface area contributed by atoms with Gasteiger partial charge in [0.1, 0.15) is 5.75 Å². The number of aliphatic carboxylic acids is 1. The molecule has 1 aliphatic carbocycles. The summed E-state index contributed by atoms with van der Waals surface area (Å²) in [4.78, 5) is 11.7. The standard InChI is InChI=1S/C25H25F2NO4/c1-25(24(30)31)12-15(13-25)22-18-11-17(29)3-5-21(18)28(16-2-4-19(26)20(27)10-16)23(22)14-6-8-32-9-7-14/h2-5,10-11,14-15,29H,6-9,12-13H2,1H3,(H,30,31)/t15-,25-. The zero-order valence-corrected chi connectivity index (χ0v) is 17.8. The van der Waals surface area contributed by atoms with E-state index in [0.717, 1.165) is 41.1 Å². The lowest BCUT2D eigenvalue weighted by Gasteiger charge is -2.43. The van der Waals surface area contributed by atoms with E-state index in [0.29, 0.717) is 31.7 Å². The molecule has 168 valence electrons. The van der Waals surface area contributed by atoms with Gasteiger partial charge in [-0.1, -0.05) is 0 Å². The monoisotopic (exact) mass is 441 g/mol. The molecule has 0 spiro atoms. The van der Waals surface area contributed by atoms with E-state index in [1.54, 1.807) is 31.2 Å². The van der Waals surface area contributed by atoms with Crippen LogP contribution in [0.15, 0.2) is 36.4 Å².